The molecule has 1 N–H and O–H groups in total. The highest BCUT2D eigenvalue weighted by atomic mass is 32.2. The molecular weight excluding hydrogens is 284 g/mol. The van der Waals surface area contributed by atoms with Crippen molar-refractivity contribution in [3.8, 4) is 0 Å². The maximum Gasteiger partial charge on any atom is 0.197 e. The molecule has 2 saturated carbocycles. The first-order chi connectivity index (χ1) is 10.2. The molecule has 0 bridgehead atoms. The van der Waals surface area contributed by atoms with Gasteiger partial charge in [0, 0.05) is 18.2 Å². The highest BCUT2D eigenvalue weighted by Crippen LogP contribution is 2.46. The fraction of sp³-hybridized carbons (Fsp3) is 0.533. The van der Waals surface area contributed by atoms with Crippen LogP contribution in [0.2, 0.25) is 0 Å². The van der Waals surface area contributed by atoms with Crippen molar-refractivity contribution in [3.05, 3.63) is 29.7 Å². The fourth-order valence-electron chi connectivity index (χ4n) is 2.49. The van der Waals surface area contributed by atoms with E-state index in [4.69, 9.17) is 0 Å². The van der Waals surface area contributed by atoms with Crippen LogP contribution in [-0.2, 0) is 0 Å². The molecule has 2 fully saturated rings. The second kappa shape index (κ2) is 5.10. The Morgan fingerprint density at radius 2 is 2.10 bits per heavy atom. The van der Waals surface area contributed by atoms with Crippen molar-refractivity contribution >= 4 is 11.8 Å². The molecule has 0 aromatic carbocycles. The molecule has 0 amide bonds. The zero-order valence-electron chi connectivity index (χ0n) is 11.9. The van der Waals surface area contributed by atoms with E-state index in [-0.39, 0.29) is 0 Å². The van der Waals surface area contributed by atoms with Gasteiger partial charge >= 0.3 is 0 Å². The summed E-state index contributed by atoms with van der Waals surface area (Å²) in [5.41, 5.74) is 0.882. The van der Waals surface area contributed by atoms with E-state index in [0.717, 1.165) is 21.6 Å². The van der Waals surface area contributed by atoms with Gasteiger partial charge in [0.2, 0.25) is 0 Å². The van der Waals surface area contributed by atoms with Gasteiger partial charge in [0.05, 0.1) is 6.10 Å². The molecule has 0 unspecified atom stereocenters. The van der Waals surface area contributed by atoms with Crippen LogP contribution < -0.4 is 0 Å². The molecule has 2 aromatic heterocycles. The Morgan fingerprint density at radius 1 is 1.29 bits per heavy atom. The van der Waals surface area contributed by atoms with Crippen LogP contribution in [0, 0.1) is 0 Å². The van der Waals surface area contributed by atoms with E-state index >= 15 is 0 Å². The molecule has 0 aliphatic heterocycles. The van der Waals surface area contributed by atoms with E-state index < -0.39 is 6.10 Å². The molecule has 6 heteroatoms. The molecule has 0 saturated heterocycles. The van der Waals surface area contributed by atoms with Crippen molar-refractivity contribution in [2.45, 2.75) is 60.9 Å². The van der Waals surface area contributed by atoms with Gasteiger partial charge in [0.15, 0.2) is 5.16 Å². The third-order valence-corrected chi connectivity index (χ3v) is 4.88. The first-order valence-electron chi connectivity index (χ1n) is 7.49. The summed E-state index contributed by atoms with van der Waals surface area (Å²) >= 11 is 1.55. The van der Waals surface area contributed by atoms with Crippen LogP contribution in [0.4, 0.5) is 0 Å². The van der Waals surface area contributed by atoms with Gasteiger partial charge in [-0.15, -0.1) is 10.2 Å². The maximum absolute atomic E-state index is 9.68. The normalized spacial score (nSPS) is 19.7. The number of aliphatic hydroxyl groups is 1. The zero-order valence-corrected chi connectivity index (χ0v) is 12.8. The van der Waals surface area contributed by atoms with Gasteiger partial charge < -0.3 is 9.67 Å². The van der Waals surface area contributed by atoms with Crippen molar-refractivity contribution in [2.75, 3.05) is 0 Å². The van der Waals surface area contributed by atoms with Crippen LogP contribution in [0.5, 0.6) is 0 Å². The number of pyridine rings is 1. The van der Waals surface area contributed by atoms with E-state index in [0.29, 0.717) is 12.0 Å². The molecule has 4 rings (SSSR count). The average molecular weight is 302 g/mol. The maximum atomic E-state index is 9.68. The van der Waals surface area contributed by atoms with Gasteiger partial charge in [-0.3, -0.25) is 0 Å². The second-order valence-electron chi connectivity index (χ2n) is 5.92. The minimum absolute atomic E-state index is 0.476. The van der Waals surface area contributed by atoms with Crippen molar-refractivity contribution in [1.82, 2.24) is 19.7 Å². The molecule has 1 atom stereocenters. The molecule has 5 nitrogen and oxygen atoms in total. The van der Waals surface area contributed by atoms with Gasteiger partial charge in [-0.05, 0) is 62.1 Å². The Balaban J connectivity index is 1.63. The Kier molecular flexibility index (Phi) is 3.23. The van der Waals surface area contributed by atoms with E-state index in [2.05, 4.69) is 19.7 Å². The Bertz CT molecular complexity index is 661. The lowest BCUT2D eigenvalue weighted by Gasteiger charge is -2.09. The number of hydrogen-bond acceptors (Lipinski definition) is 5. The topological polar surface area (TPSA) is 63.8 Å². The fourth-order valence-corrected chi connectivity index (χ4v) is 3.41. The highest BCUT2D eigenvalue weighted by molar-refractivity contribution is 7.99. The number of nitrogens with zero attached hydrogens (tertiary/aromatic N) is 4. The Morgan fingerprint density at radius 3 is 2.76 bits per heavy atom. The van der Waals surface area contributed by atoms with Crippen LogP contribution in [-0.4, -0.2) is 24.9 Å². The predicted octanol–water partition coefficient (Wildman–Crippen LogP) is 3.09. The monoisotopic (exact) mass is 302 g/mol. The summed E-state index contributed by atoms with van der Waals surface area (Å²) in [7, 11) is 0. The Labute approximate surface area is 127 Å². The van der Waals surface area contributed by atoms with E-state index in [9.17, 15) is 5.11 Å². The van der Waals surface area contributed by atoms with Crippen LogP contribution in [0.1, 0.15) is 62.1 Å². The lowest BCUT2D eigenvalue weighted by atomic mass is 10.2. The van der Waals surface area contributed by atoms with E-state index in [1.165, 1.54) is 25.7 Å². The summed E-state index contributed by atoms with van der Waals surface area (Å²) in [5.74, 6) is 1.77. The number of aliphatic hydroxyl groups excluding tert-OH is 1. The molecule has 2 aliphatic rings. The van der Waals surface area contributed by atoms with Gasteiger partial charge in [-0.2, -0.15) is 0 Å². The molecule has 21 heavy (non-hydrogen) atoms. The summed E-state index contributed by atoms with van der Waals surface area (Å²) in [6.45, 7) is 1.77. The van der Waals surface area contributed by atoms with Gasteiger partial charge in [-0.1, -0.05) is 0 Å². The van der Waals surface area contributed by atoms with Crippen LogP contribution >= 0.6 is 11.8 Å². The van der Waals surface area contributed by atoms with Crippen molar-refractivity contribution in [2.24, 2.45) is 0 Å². The first kappa shape index (κ1) is 13.3. The SMILES string of the molecule is C[C@@H](O)c1ccnc(Sc2nnc(C3CC3)n2C2CC2)c1. The molecule has 2 aromatic rings. The quantitative estimate of drug-likeness (QED) is 0.919. The molecule has 110 valence electrons. The summed E-state index contributed by atoms with van der Waals surface area (Å²) < 4.78 is 2.32. The van der Waals surface area contributed by atoms with Crippen LogP contribution in [0.15, 0.2) is 28.5 Å². The first-order valence-corrected chi connectivity index (χ1v) is 8.30. The van der Waals surface area contributed by atoms with Crippen molar-refractivity contribution in [3.63, 3.8) is 0 Å². The highest BCUT2D eigenvalue weighted by Gasteiger charge is 2.36. The molecule has 2 aliphatic carbocycles. The zero-order chi connectivity index (χ0) is 14.4. The lowest BCUT2D eigenvalue weighted by Crippen LogP contribution is -2.02. The summed E-state index contributed by atoms with van der Waals surface area (Å²) in [6.07, 6.45) is 6.20. The number of aromatic nitrogens is 4. The third-order valence-electron chi connectivity index (χ3n) is 3.98. The van der Waals surface area contributed by atoms with E-state index in [1.807, 2.05) is 12.1 Å². The summed E-state index contributed by atoms with van der Waals surface area (Å²) in [4.78, 5) is 4.38. The molecule has 0 radical (unpaired) electrons. The minimum Gasteiger partial charge on any atom is -0.389 e. The Hall–Kier alpha value is -1.40. The third kappa shape index (κ3) is 2.70. The molecule has 0 spiro atoms. The summed E-state index contributed by atoms with van der Waals surface area (Å²) in [5, 5.41) is 20.3. The smallest absolute Gasteiger partial charge is 0.197 e. The number of hydrogen-bond donors (Lipinski definition) is 1. The van der Waals surface area contributed by atoms with Gasteiger partial charge in [0.1, 0.15) is 10.9 Å². The van der Waals surface area contributed by atoms with E-state index in [1.54, 1.807) is 24.9 Å². The van der Waals surface area contributed by atoms with Gasteiger partial charge in [-0.25, -0.2) is 4.98 Å². The largest absolute Gasteiger partial charge is 0.389 e. The standard InChI is InChI=1S/C15H18N4OS/c1-9(20)11-6-7-16-13(8-11)21-15-18-17-14(10-2-3-10)19(15)12-4-5-12/h6-10,12,20H,2-5H2,1H3/t9-/m1/s1. The predicted molar refractivity (Wildman–Crippen MR) is 79.3 cm³/mol. The van der Waals surface area contributed by atoms with Crippen LogP contribution in [0.3, 0.4) is 0 Å². The van der Waals surface area contributed by atoms with Crippen molar-refractivity contribution in [1.29, 1.82) is 0 Å². The number of rotatable bonds is 5. The van der Waals surface area contributed by atoms with Crippen molar-refractivity contribution < 1.29 is 5.11 Å². The van der Waals surface area contributed by atoms with Gasteiger partial charge in [0.25, 0.3) is 0 Å². The van der Waals surface area contributed by atoms with Crippen LogP contribution in [0.25, 0.3) is 0 Å². The average Bonchev–Trinajstić information content (AvgIpc) is 3.39. The lowest BCUT2D eigenvalue weighted by molar-refractivity contribution is 0.199. The second-order valence-corrected chi connectivity index (χ2v) is 6.91. The summed E-state index contributed by atoms with van der Waals surface area (Å²) in [6, 6.07) is 4.35. The minimum atomic E-state index is -0.476. The molecular formula is C15H18N4OS. The molecule has 2 heterocycles.